The van der Waals surface area contributed by atoms with Crippen LogP contribution in [0.1, 0.15) is 37.5 Å². The molecule has 2 amide bonds. The summed E-state index contributed by atoms with van der Waals surface area (Å²) in [5, 5.41) is 5.06. The van der Waals surface area contributed by atoms with E-state index in [1.165, 1.54) is 11.3 Å². The molecule has 0 unspecified atom stereocenters. The summed E-state index contributed by atoms with van der Waals surface area (Å²) in [7, 11) is 0. The maximum Gasteiger partial charge on any atom is 0.335 e. The van der Waals surface area contributed by atoms with Gasteiger partial charge < -0.3 is 0 Å². The second-order valence-electron chi connectivity index (χ2n) is 4.81. The van der Waals surface area contributed by atoms with Gasteiger partial charge in [0.25, 0.3) is 0 Å². The summed E-state index contributed by atoms with van der Waals surface area (Å²) in [6, 6.07) is -0.306. The van der Waals surface area contributed by atoms with Crippen LogP contribution in [0.2, 0.25) is 0 Å². The van der Waals surface area contributed by atoms with E-state index in [-0.39, 0.29) is 11.8 Å². The predicted molar refractivity (Wildman–Crippen MR) is 74.2 cm³/mol. The second-order valence-corrected chi connectivity index (χ2v) is 5.88. The number of hydrogen-bond acceptors (Lipinski definition) is 5. The molecule has 104 valence electrons. The number of amides is 2. The molecule has 1 aromatic rings. The van der Waals surface area contributed by atoms with Crippen molar-refractivity contribution >= 4 is 28.3 Å². The third-order valence-corrected chi connectivity index (χ3v) is 4.11. The Hall–Kier alpha value is -1.47. The Bertz CT molecular complexity index is 462. The number of hydrazine groups is 1. The largest absolute Gasteiger partial charge is 0.335 e. The molecule has 0 saturated carbocycles. The van der Waals surface area contributed by atoms with Crippen molar-refractivity contribution < 1.29 is 9.59 Å². The van der Waals surface area contributed by atoms with Crippen molar-refractivity contribution in [2.45, 2.75) is 32.6 Å². The van der Waals surface area contributed by atoms with Crippen LogP contribution < -0.4 is 10.7 Å². The molecule has 19 heavy (non-hydrogen) atoms. The van der Waals surface area contributed by atoms with Gasteiger partial charge >= 0.3 is 6.03 Å². The van der Waals surface area contributed by atoms with Crippen molar-refractivity contribution in [3.05, 3.63) is 11.1 Å². The SMILES string of the molecule is CC(C)c1cnc(NC(=O)NN2CCC(=O)CC2)s1. The standard InChI is InChI=1S/C12H18N4O2S/c1-8(2)10-7-13-12(19-10)14-11(18)15-16-5-3-9(17)4-6-16/h7-8H,3-6H2,1-2H3,(H2,13,14,15,18). The zero-order chi connectivity index (χ0) is 13.8. The van der Waals surface area contributed by atoms with Crippen LogP contribution in [0.5, 0.6) is 0 Å². The number of carbonyl (C=O) groups excluding carboxylic acids is 2. The molecule has 1 fully saturated rings. The maximum atomic E-state index is 11.8. The number of nitrogens with zero attached hydrogens (tertiary/aromatic N) is 2. The van der Waals surface area contributed by atoms with Crippen LogP contribution in [0.25, 0.3) is 0 Å². The quantitative estimate of drug-likeness (QED) is 0.889. The molecule has 1 aliphatic rings. The molecule has 0 radical (unpaired) electrons. The van der Waals surface area contributed by atoms with E-state index in [0.29, 0.717) is 37.0 Å². The topological polar surface area (TPSA) is 74.3 Å². The minimum absolute atomic E-state index is 0.250. The van der Waals surface area contributed by atoms with E-state index in [0.717, 1.165) is 4.88 Å². The normalized spacial score (nSPS) is 16.7. The number of rotatable bonds is 3. The highest BCUT2D eigenvalue weighted by Crippen LogP contribution is 2.24. The van der Waals surface area contributed by atoms with Gasteiger partial charge in [0.15, 0.2) is 5.13 Å². The van der Waals surface area contributed by atoms with Crippen LogP contribution in [0.4, 0.5) is 9.93 Å². The van der Waals surface area contributed by atoms with Gasteiger partial charge in [-0.05, 0) is 5.92 Å². The molecule has 2 N–H and O–H groups in total. The average molecular weight is 282 g/mol. The van der Waals surface area contributed by atoms with Gasteiger partial charge in [0.1, 0.15) is 5.78 Å². The fourth-order valence-electron chi connectivity index (χ4n) is 1.75. The smallest absolute Gasteiger partial charge is 0.300 e. The van der Waals surface area contributed by atoms with Crippen molar-refractivity contribution in [2.75, 3.05) is 18.4 Å². The van der Waals surface area contributed by atoms with Crippen LogP contribution >= 0.6 is 11.3 Å². The highest BCUT2D eigenvalue weighted by Gasteiger charge is 2.18. The molecule has 0 aromatic carbocycles. The van der Waals surface area contributed by atoms with Gasteiger partial charge in [-0.2, -0.15) is 0 Å². The van der Waals surface area contributed by atoms with E-state index in [1.807, 2.05) is 0 Å². The Balaban J connectivity index is 1.82. The molecule has 0 spiro atoms. The fourth-order valence-corrected chi connectivity index (χ4v) is 2.56. The van der Waals surface area contributed by atoms with E-state index >= 15 is 0 Å². The van der Waals surface area contributed by atoms with Crippen molar-refractivity contribution in [1.82, 2.24) is 15.4 Å². The van der Waals surface area contributed by atoms with E-state index < -0.39 is 0 Å². The molecule has 0 bridgehead atoms. The summed E-state index contributed by atoms with van der Waals surface area (Å²) in [4.78, 5) is 28.1. The van der Waals surface area contributed by atoms with Crippen molar-refractivity contribution in [1.29, 1.82) is 0 Å². The van der Waals surface area contributed by atoms with Crippen molar-refractivity contribution in [2.24, 2.45) is 0 Å². The Morgan fingerprint density at radius 3 is 2.68 bits per heavy atom. The Morgan fingerprint density at radius 2 is 2.11 bits per heavy atom. The zero-order valence-corrected chi connectivity index (χ0v) is 11.9. The van der Waals surface area contributed by atoms with Crippen LogP contribution in [-0.2, 0) is 4.79 Å². The summed E-state index contributed by atoms with van der Waals surface area (Å²) in [5.74, 6) is 0.657. The lowest BCUT2D eigenvalue weighted by Gasteiger charge is -2.25. The predicted octanol–water partition coefficient (Wildman–Crippen LogP) is 1.97. The number of hydrogen-bond donors (Lipinski definition) is 2. The first-order valence-corrected chi connectivity index (χ1v) is 7.16. The van der Waals surface area contributed by atoms with Crippen molar-refractivity contribution in [3.63, 3.8) is 0 Å². The van der Waals surface area contributed by atoms with Crippen molar-refractivity contribution in [3.8, 4) is 0 Å². The molecule has 0 atom stereocenters. The van der Waals surface area contributed by atoms with Crippen LogP contribution in [0, 0.1) is 0 Å². The highest BCUT2D eigenvalue weighted by atomic mass is 32.1. The van der Waals surface area contributed by atoms with Crippen LogP contribution in [-0.4, -0.2) is 34.9 Å². The molecular formula is C12H18N4O2S. The third-order valence-electron chi connectivity index (χ3n) is 2.89. The molecular weight excluding hydrogens is 264 g/mol. The van der Waals surface area contributed by atoms with Gasteiger partial charge in [-0.25, -0.2) is 14.8 Å². The number of piperidine rings is 1. The monoisotopic (exact) mass is 282 g/mol. The van der Waals surface area contributed by atoms with Crippen LogP contribution in [0.3, 0.4) is 0 Å². The summed E-state index contributed by atoms with van der Waals surface area (Å²) in [6.07, 6.45) is 2.77. The Labute approximate surface area is 116 Å². The first-order chi connectivity index (χ1) is 9.04. The highest BCUT2D eigenvalue weighted by molar-refractivity contribution is 7.15. The fraction of sp³-hybridized carbons (Fsp3) is 0.583. The van der Waals surface area contributed by atoms with E-state index in [9.17, 15) is 9.59 Å². The molecule has 0 aliphatic carbocycles. The Morgan fingerprint density at radius 1 is 1.42 bits per heavy atom. The molecule has 1 aromatic heterocycles. The summed E-state index contributed by atoms with van der Waals surface area (Å²) >= 11 is 1.48. The van der Waals surface area contributed by atoms with Crippen LogP contribution in [0.15, 0.2) is 6.20 Å². The maximum absolute atomic E-state index is 11.8. The van der Waals surface area contributed by atoms with E-state index in [1.54, 1.807) is 11.2 Å². The number of Topliss-reactive ketones (excluding diaryl/α,β-unsaturated/α-hetero) is 1. The number of aromatic nitrogens is 1. The van der Waals surface area contributed by atoms with E-state index in [2.05, 4.69) is 29.6 Å². The van der Waals surface area contributed by atoms with Gasteiger partial charge in [0, 0.05) is 37.0 Å². The minimum atomic E-state index is -0.306. The zero-order valence-electron chi connectivity index (χ0n) is 11.1. The number of anilines is 1. The lowest BCUT2D eigenvalue weighted by molar-refractivity contribution is -0.121. The second kappa shape index (κ2) is 6.12. The molecule has 2 rings (SSSR count). The number of urea groups is 1. The molecule has 2 heterocycles. The lowest BCUT2D eigenvalue weighted by Crippen LogP contribution is -2.48. The summed E-state index contributed by atoms with van der Waals surface area (Å²) in [6.45, 7) is 5.31. The average Bonchev–Trinajstić information content (AvgIpc) is 2.80. The molecule has 6 nitrogen and oxygen atoms in total. The number of thiazole rings is 1. The first kappa shape index (κ1) is 14.0. The number of ketones is 1. The number of nitrogens with one attached hydrogen (secondary N) is 2. The summed E-state index contributed by atoms with van der Waals surface area (Å²) in [5.41, 5.74) is 2.72. The minimum Gasteiger partial charge on any atom is -0.300 e. The summed E-state index contributed by atoms with van der Waals surface area (Å²) < 4.78 is 0. The number of carbonyl (C=O) groups is 2. The molecule has 1 saturated heterocycles. The third kappa shape index (κ3) is 4.00. The molecule has 7 heteroatoms. The lowest BCUT2D eigenvalue weighted by atomic mass is 10.1. The van der Waals surface area contributed by atoms with Gasteiger partial charge in [-0.15, -0.1) is 11.3 Å². The van der Waals surface area contributed by atoms with E-state index in [4.69, 9.17) is 0 Å². The molecule has 1 aliphatic heterocycles. The Kier molecular flexibility index (Phi) is 4.49. The van der Waals surface area contributed by atoms with Gasteiger partial charge in [0.05, 0.1) is 0 Å². The van der Waals surface area contributed by atoms with Gasteiger partial charge in [0.2, 0.25) is 0 Å². The van der Waals surface area contributed by atoms with Gasteiger partial charge in [-0.3, -0.25) is 15.5 Å². The van der Waals surface area contributed by atoms with Gasteiger partial charge in [-0.1, -0.05) is 13.8 Å². The first-order valence-electron chi connectivity index (χ1n) is 6.34.